The van der Waals surface area contributed by atoms with Gasteiger partial charge in [0.25, 0.3) is 0 Å². The predicted octanol–water partition coefficient (Wildman–Crippen LogP) is 3.73. The summed E-state index contributed by atoms with van der Waals surface area (Å²) in [6.07, 6.45) is 7.85. The molecular formula is C15H23N3O. The van der Waals surface area contributed by atoms with Crippen molar-refractivity contribution in [2.24, 2.45) is 38.9 Å². The fourth-order valence-electron chi connectivity index (χ4n) is 4.55. The molecule has 0 radical (unpaired) electrons. The van der Waals surface area contributed by atoms with Crippen molar-refractivity contribution in [3.63, 3.8) is 0 Å². The van der Waals surface area contributed by atoms with Crippen molar-refractivity contribution in [1.29, 1.82) is 0 Å². The van der Waals surface area contributed by atoms with Crippen molar-refractivity contribution in [1.82, 2.24) is 0 Å². The van der Waals surface area contributed by atoms with Crippen molar-refractivity contribution in [3.8, 4) is 0 Å². The van der Waals surface area contributed by atoms with Crippen LogP contribution in [0.4, 0.5) is 0 Å². The minimum atomic E-state index is -0.581. The topological polar surface area (TPSA) is 54.1 Å². The molecule has 4 fully saturated rings. The highest BCUT2D eigenvalue weighted by molar-refractivity contribution is 5.36. The monoisotopic (exact) mass is 261 g/mol. The Morgan fingerprint density at radius 3 is 1.95 bits per heavy atom. The Morgan fingerprint density at radius 2 is 1.53 bits per heavy atom. The van der Waals surface area contributed by atoms with Crippen LogP contribution in [-0.4, -0.2) is 17.3 Å². The summed E-state index contributed by atoms with van der Waals surface area (Å²) in [5.74, 6) is 2.50. The fourth-order valence-corrected chi connectivity index (χ4v) is 4.55. The predicted molar refractivity (Wildman–Crippen MR) is 72.5 cm³/mol. The molecule has 0 aromatic carbocycles. The van der Waals surface area contributed by atoms with E-state index in [9.17, 15) is 4.79 Å². The minimum absolute atomic E-state index is 0.208. The molecule has 4 aliphatic carbocycles. The lowest BCUT2D eigenvalue weighted by Gasteiger charge is -2.56. The molecule has 0 heterocycles. The van der Waals surface area contributed by atoms with Gasteiger partial charge < -0.3 is 0 Å². The Morgan fingerprint density at radius 1 is 1.00 bits per heavy atom. The number of nitrogens with zero attached hydrogens (tertiary/aromatic N) is 3. The second-order valence-electron chi connectivity index (χ2n) is 7.66. The summed E-state index contributed by atoms with van der Waals surface area (Å²) < 4.78 is 0. The molecule has 4 aliphatic rings. The van der Waals surface area contributed by atoms with Gasteiger partial charge in [0.2, 0.25) is 6.08 Å². The van der Waals surface area contributed by atoms with Crippen LogP contribution in [0, 0.1) is 23.7 Å². The zero-order chi connectivity index (χ0) is 13.7. The van der Waals surface area contributed by atoms with Gasteiger partial charge in [0.15, 0.2) is 5.66 Å². The zero-order valence-electron chi connectivity index (χ0n) is 12.1. The number of hydrogen-bond donors (Lipinski definition) is 0. The molecule has 0 atom stereocenters. The Labute approximate surface area is 114 Å². The normalized spacial score (nSPS) is 44.6. The summed E-state index contributed by atoms with van der Waals surface area (Å²) in [4.78, 5) is 15.1. The van der Waals surface area contributed by atoms with E-state index < -0.39 is 5.66 Å². The van der Waals surface area contributed by atoms with Crippen LogP contribution in [0.15, 0.2) is 15.2 Å². The third-order valence-electron chi connectivity index (χ3n) is 5.07. The summed E-state index contributed by atoms with van der Waals surface area (Å²) in [6, 6.07) is 0. The third-order valence-corrected chi connectivity index (χ3v) is 5.07. The van der Waals surface area contributed by atoms with Crippen molar-refractivity contribution < 1.29 is 4.79 Å². The van der Waals surface area contributed by atoms with Gasteiger partial charge in [0, 0.05) is 11.8 Å². The van der Waals surface area contributed by atoms with Crippen molar-refractivity contribution >= 4 is 6.08 Å². The molecule has 104 valence electrons. The van der Waals surface area contributed by atoms with E-state index >= 15 is 0 Å². The molecule has 0 spiro atoms. The average Bonchev–Trinajstić information content (AvgIpc) is 2.30. The number of isocyanates is 1. The second-order valence-corrected chi connectivity index (χ2v) is 7.66. The van der Waals surface area contributed by atoms with Crippen LogP contribution in [0.25, 0.3) is 0 Å². The summed E-state index contributed by atoms with van der Waals surface area (Å²) in [6.45, 7) is 6.10. The zero-order valence-corrected chi connectivity index (χ0v) is 12.1. The van der Waals surface area contributed by atoms with Gasteiger partial charge >= 0.3 is 0 Å². The van der Waals surface area contributed by atoms with Crippen LogP contribution in [0.5, 0.6) is 0 Å². The van der Waals surface area contributed by atoms with Crippen LogP contribution in [0.3, 0.4) is 0 Å². The minimum Gasteiger partial charge on any atom is -0.211 e. The number of carbonyl (C=O) groups excluding carboxylic acids is 1. The first-order valence-electron chi connectivity index (χ1n) is 7.46. The van der Waals surface area contributed by atoms with Gasteiger partial charge in [-0.2, -0.15) is 15.2 Å². The Kier molecular flexibility index (Phi) is 2.90. The molecule has 4 nitrogen and oxygen atoms in total. The largest absolute Gasteiger partial charge is 0.237 e. The summed E-state index contributed by atoms with van der Waals surface area (Å²) in [7, 11) is 0. The maximum absolute atomic E-state index is 10.9. The van der Waals surface area contributed by atoms with Crippen molar-refractivity contribution in [3.05, 3.63) is 0 Å². The average molecular weight is 261 g/mol. The second kappa shape index (κ2) is 4.24. The van der Waals surface area contributed by atoms with E-state index in [1.54, 1.807) is 6.08 Å². The smallest absolute Gasteiger partial charge is 0.211 e. The highest BCUT2D eigenvalue weighted by atomic mass is 16.1. The molecule has 0 saturated heterocycles. The molecular weight excluding hydrogens is 238 g/mol. The molecule has 4 heteroatoms. The lowest BCUT2D eigenvalue weighted by Crippen LogP contribution is -2.55. The molecule has 4 bridgehead atoms. The Balaban J connectivity index is 1.97. The number of azo groups is 1. The van der Waals surface area contributed by atoms with Gasteiger partial charge in [-0.25, -0.2) is 4.79 Å². The van der Waals surface area contributed by atoms with Gasteiger partial charge in [0.05, 0.1) is 5.54 Å². The van der Waals surface area contributed by atoms with E-state index in [2.05, 4.69) is 15.2 Å². The molecule has 0 amide bonds. The molecule has 0 N–H and O–H groups in total. The lowest BCUT2D eigenvalue weighted by molar-refractivity contribution is -0.0537. The number of hydrogen-bond acceptors (Lipinski definition) is 4. The highest BCUT2D eigenvalue weighted by Crippen LogP contribution is 2.60. The van der Waals surface area contributed by atoms with E-state index in [-0.39, 0.29) is 5.54 Å². The van der Waals surface area contributed by atoms with E-state index in [4.69, 9.17) is 0 Å². The SMILES string of the molecule is CC(C)(C)/N=N/C1(N=C=O)C2CC3CC(C2)CC1C3. The first-order chi connectivity index (χ1) is 8.93. The number of aliphatic imine (C=N–C) groups is 1. The van der Waals surface area contributed by atoms with E-state index in [1.165, 1.54) is 32.1 Å². The lowest BCUT2D eigenvalue weighted by atomic mass is 9.51. The molecule has 0 aliphatic heterocycles. The van der Waals surface area contributed by atoms with E-state index in [0.29, 0.717) is 11.8 Å². The summed E-state index contributed by atoms with van der Waals surface area (Å²) >= 11 is 0. The van der Waals surface area contributed by atoms with E-state index in [1.807, 2.05) is 20.8 Å². The molecule has 4 saturated carbocycles. The van der Waals surface area contributed by atoms with Gasteiger partial charge in [0.1, 0.15) is 0 Å². The van der Waals surface area contributed by atoms with E-state index in [0.717, 1.165) is 11.8 Å². The van der Waals surface area contributed by atoms with Gasteiger partial charge in [-0.05, 0) is 64.7 Å². The molecule has 0 aromatic heterocycles. The van der Waals surface area contributed by atoms with Gasteiger partial charge in [-0.1, -0.05) is 0 Å². The van der Waals surface area contributed by atoms with Crippen molar-refractivity contribution in [2.75, 3.05) is 0 Å². The number of rotatable bonds is 2. The standard InChI is InChI=1S/C15H23N3O/c1-14(2,3)17-18-15(16-9-19)12-5-10-4-11(7-12)8-13(15)6-10/h10-13H,4-8H2,1-3H3/b18-17+. The quantitative estimate of drug-likeness (QED) is 0.424. The summed E-state index contributed by atoms with van der Waals surface area (Å²) in [5, 5.41) is 9.06. The van der Waals surface area contributed by atoms with Crippen LogP contribution < -0.4 is 0 Å². The maximum Gasteiger partial charge on any atom is 0.237 e. The Bertz CT molecular complexity index is 415. The third kappa shape index (κ3) is 2.16. The molecule has 4 rings (SSSR count). The Hall–Kier alpha value is -1.02. The van der Waals surface area contributed by atoms with Crippen LogP contribution in [0.1, 0.15) is 52.9 Å². The molecule has 0 aromatic rings. The van der Waals surface area contributed by atoms with Gasteiger partial charge in [-0.3, -0.25) is 0 Å². The van der Waals surface area contributed by atoms with Crippen molar-refractivity contribution in [2.45, 2.75) is 64.1 Å². The van der Waals surface area contributed by atoms with Gasteiger partial charge in [-0.15, -0.1) is 0 Å². The van der Waals surface area contributed by atoms with Crippen LogP contribution in [0.2, 0.25) is 0 Å². The van der Waals surface area contributed by atoms with Crippen LogP contribution in [-0.2, 0) is 4.79 Å². The molecule has 19 heavy (non-hydrogen) atoms. The van der Waals surface area contributed by atoms with Crippen LogP contribution >= 0.6 is 0 Å². The first-order valence-corrected chi connectivity index (χ1v) is 7.46. The maximum atomic E-state index is 10.9. The molecule has 0 unspecified atom stereocenters. The first kappa shape index (κ1) is 13.0. The highest BCUT2D eigenvalue weighted by Gasteiger charge is 2.58. The fraction of sp³-hybridized carbons (Fsp3) is 0.933. The summed E-state index contributed by atoms with van der Waals surface area (Å²) in [5.41, 5.74) is -0.789.